The number of aryl methyl sites for hydroxylation is 10. The Morgan fingerprint density at radius 3 is 0.810 bits per heavy atom. The first kappa shape index (κ1) is 57.3. The number of pyridine rings is 3. The highest BCUT2D eigenvalue weighted by atomic mass is 14.9. The van der Waals surface area contributed by atoms with Gasteiger partial charge >= 0.3 is 0 Å². The van der Waals surface area contributed by atoms with Crippen LogP contribution in [0.1, 0.15) is 135 Å². The fraction of sp³-hybridized carbons (Fsp3) is 0.206. The quantitative estimate of drug-likeness (QED) is 0.114. The summed E-state index contributed by atoms with van der Waals surface area (Å²) < 4.78 is 97.6. The SMILES string of the molecule is [2H]C([2H])([2H])c1c[n+](C)c(-c2ccccc2C)cc1-c1ccc2cc(-c3ccc(C)cc3)ccc2c1.[2H]C([2H])([2H])c1c[n+](C)c(-c2ccccc2C)cc1-c1ccc2cc(-c3ccc(C4([2H])CCCC4)cc3)ccc2c1.[2H]C([2H])([2H])c1c[n+](C)c(-c2ccccc2C)cc1-c1ccc2cc(-c3ccc(C4([2H])CCCCC4)cc3)ccc2c1. The van der Waals surface area contributed by atoms with Crippen LogP contribution in [0.3, 0.4) is 0 Å². The van der Waals surface area contributed by atoms with Gasteiger partial charge in [0.15, 0.2) is 18.6 Å². The van der Waals surface area contributed by atoms with Crippen LogP contribution >= 0.6 is 0 Å². The van der Waals surface area contributed by atoms with E-state index in [1.165, 1.54) is 23.1 Å². The van der Waals surface area contributed by atoms with Gasteiger partial charge in [0.25, 0.3) is 0 Å². The maximum absolute atomic E-state index is 8.94. The second-order valence-corrected chi connectivity index (χ2v) is 29.1. The predicted octanol–water partition coefficient (Wildman–Crippen LogP) is 25.9. The maximum atomic E-state index is 8.94. The molecule has 0 saturated heterocycles. The van der Waals surface area contributed by atoms with Crippen LogP contribution in [0, 0.1) is 48.3 Å². The van der Waals surface area contributed by atoms with Crippen molar-refractivity contribution in [3.8, 4) is 101 Å². The minimum Gasteiger partial charge on any atom is -0.201 e. The lowest BCUT2D eigenvalue weighted by Gasteiger charge is -2.22. The van der Waals surface area contributed by atoms with Gasteiger partial charge in [-0.1, -0.05) is 238 Å². The molecule has 518 valence electrons. The monoisotopic (exact) mass is 1380 g/mol. The number of fused-ring (bicyclic) bond motifs is 3. The second-order valence-electron chi connectivity index (χ2n) is 29.1. The molecule has 0 atom stereocenters. The number of aromatic nitrogens is 3. The summed E-state index contributed by atoms with van der Waals surface area (Å²) in [5.41, 5.74) is 26.0. The number of hydrogen-bond acceptors (Lipinski definition) is 0. The van der Waals surface area contributed by atoms with Crippen molar-refractivity contribution in [3.05, 3.63) is 342 Å². The average molecular weight is 1380 g/mol. The van der Waals surface area contributed by atoms with Crippen LogP contribution < -0.4 is 13.7 Å². The standard InChI is InChI=1S/C36H36N.C35H34N.C31H28N/c1-25-9-7-8-12-34(25)36-23-35(26(2)24-37(36)3)33-20-19-31-21-30(17-18-32(31)22-33)29-15-13-28(14-16-29)27-10-5-4-6-11-27;1-24-8-4-7-11-33(24)35-22-34(25(2)23-36(35)3)32-19-18-30-20-29(16-17-31(30)21-32)28-14-12-27(13-15-28)26-9-5-6-10-26;1-21-9-11-24(12-10-21)25-13-14-27-18-28(16-15-26(27)17-25)30-19-31(32(4)20-23(30)3)29-8-6-5-7-22(29)2/h7-9,12-24,27H,4-6,10-11H2,1-3H3;4,7-8,11-23,26H,5-6,9-10H2,1-3H3;5-20H,1-4H3/q3*+1/i2D3,27D;2D3,26D;3D3. The number of hydrogen-bond donors (Lipinski definition) is 0. The van der Waals surface area contributed by atoms with E-state index >= 15 is 0 Å². The van der Waals surface area contributed by atoms with Crippen LogP contribution in [0.2, 0.25) is 0 Å². The lowest BCUT2D eigenvalue weighted by Crippen LogP contribution is -2.31. The summed E-state index contributed by atoms with van der Waals surface area (Å²) in [6, 6.07) is 94.2. The molecule has 0 spiro atoms. The Morgan fingerprint density at radius 1 is 0.257 bits per heavy atom. The van der Waals surface area contributed by atoms with E-state index in [-0.39, 0.29) is 0 Å². The smallest absolute Gasteiger partial charge is 0.201 e. The van der Waals surface area contributed by atoms with Crippen molar-refractivity contribution in [2.24, 2.45) is 21.1 Å². The summed E-state index contributed by atoms with van der Waals surface area (Å²) in [7, 11) is 5.73. The summed E-state index contributed by atoms with van der Waals surface area (Å²) in [6.07, 6.45) is 14.9. The largest absolute Gasteiger partial charge is 0.213 e. The molecule has 2 fully saturated rings. The Labute approximate surface area is 639 Å². The molecule has 12 aromatic carbocycles. The summed E-state index contributed by atoms with van der Waals surface area (Å²) in [4.78, 5) is 0. The molecule has 0 unspecified atom stereocenters. The third-order valence-electron chi connectivity index (χ3n) is 21.8. The van der Waals surface area contributed by atoms with Crippen molar-refractivity contribution in [2.75, 3.05) is 0 Å². The molecule has 2 saturated carbocycles. The Morgan fingerprint density at radius 2 is 0.514 bits per heavy atom. The highest BCUT2D eigenvalue weighted by molar-refractivity contribution is 5.94. The summed E-state index contributed by atoms with van der Waals surface area (Å²) in [5.74, 6) is -0.878. The first-order chi connectivity index (χ1) is 55.4. The molecule has 3 heteroatoms. The molecule has 15 aromatic rings. The highest BCUT2D eigenvalue weighted by Crippen LogP contribution is 2.40. The van der Waals surface area contributed by atoms with Crippen LogP contribution in [0.5, 0.6) is 0 Å². The second kappa shape index (κ2) is 30.7. The molecule has 0 radical (unpaired) electrons. The van der Waals surface area contributed by atoms with Gasteiger partial charge in [0, 0.05) is 66.7 Å². The van der Waals surface area contributed by atoms with Crippen molar-refractivity contribution in [2.45, 2.75) is 118 Å². The minimum atomic E-state index is -2.24. The fourth-order valence-electron chi connectivity index (χ4n) is 15.7. The van der Waals surface area contributed by atoms with Gasteiger partial charge in [-0.25, -0.2) is 13.7 Å². The van der Waals surface area contributed by atoms with Crippen LogP contribution in [-0.4, -0.2) is 0 Å². The van der Waals surface area contributed by atoms with Gasteiger partial charge < -0.3 is 0 Å². The van der Waals surface area contributed by atoms with E-state index in [2.05, 4.69) is 228 Å². The average Bonchev–Trinajstić information content (AvgIpc) is 1.26. The van der Waals surface area contributed by atoms with Gasteiger partial charge in [0.1, 0.15) is 21.1 Å². The van der Waals surface area contributed by atoms with E-state index in [9.17, 15) is 0 Å². The Balaban J connectivity index is 0.000000137. The van der Waals surface area contributed by atoms with E-state index < -0.39 is 32.3 Å². The van der Waals surface area contributed by atoms with Crippen molar-refractivity contribution in [1.29, 1.82) is 0 Å². The Bertz CT molecular complexity index is 6180. The molecule has 2 aliphatic rings. The zero-order valence-corrected chi connectivity index (χ0v) is 61.4. The van der Waals surface area contributed by atoms with Crippen LogP contribution in [0.25, 0.3) is 133 Å². The zero-order valence-electron chi connectivity index (χ0n) is 72.4. The highest BCUT2D eigenvalue weighted by Gasteiger charge is 2.23. The molecular formula is C102H98N3+3. The van der Waals surface area contributed by atoms with Gasteiger partial charge in [-0.3, -0.25) is 0 Å². The van der Waals surface area contributed by atoms with Gasteiger partial charge in [-0.2, -0.15) is 0 Å². The van der Waals surface area contributed by atoms with E-state index in [1.807, 2.05) is 108 Å². The molecule has 3 nitrogen and oxygen atoms in total. The zero-order chi connectivity index (χ0) is 81.6. The lowest BCUT2D eigenvalue weighted by atomic mass is 9.83. The van der Waals surface area contributed by atoms with Crippen molar-refractivity contribution < 1.29 is 28.8 Å². The van der Waals surface area contributed by atoms with Gasteiger partial charge in [0.2, 0.25) is 17.1 Å². The molecule has 0 N–H and O–H groups in total. The molecular weight excluding hydrogens is 1270 g/mol. The third-order valence-corrected chi connectivity index (χ3v) is 21.8. The van der Waals surface area contributed by atoms with Crippen LogP contribution in [0.15, 0.2) is 292 Å². The normalized spacial score (nSPS) is 15.7. The topological polar surface area (TPSA) is 11.6 Å². The van der Waals surface area contributed by atoms with Crippen LogP contribution in [-0.2, 0) is 21.1 Å². The first-order valence-electron chi connectivity index (χ1n) is 42.7. The van der Waals surface area contributed by atoms with Crippen molar-refractivity contribution in [1.82, 2.24) is 0 Å². The molecule has 0 aliphatic heterocycles. The fourth-order valence-corrected chi connectivity index (χ4v) is 15.7. The molecule has 0 bridgehead atoms. The van der Waals surface area contributed by atoms with Crippen molar-refractivity contribution in [3.63, 3.8) is 0 Å². The molecule has 17 rings (SSSR count). The Kier molecular flexibility index (Phi) is 16.7. The van der Waals surface area contributed by atoms with Gasteiger partial charge in [0.05, 0.1) is 0 Å². The molecule has 0 amide bonds. The predicted molar refractivity (Wildman–Crippen MR) is 444 cm³/mol. The number of benzene rings is 12. The minimum absolute atomic E-state index is 0.345. The van der Waals surface area contributed by atoms with E-state index in [0.717, 1.165) is 201 Å². The van der Waals surface area contributed by atoms with Gasteiger partial charge in [-0.05, 0) is 267 Å². The number of rotatable bonds is 11. The van der Waals surface area contributed by atoms with E-state index in [4.69, 9.17) is 15.1 Å². The summed E-state index contributed by atoms with van der Waals surface area (Å²) in [6.45, 7) is 1.63. The van der Waals surface area contributed by atoms with Gasteiger partial charge in [-0.15, -0.1) is 0 Å². The summed E-state index contributed by atoms with van der Waals surface area (Å²) in [5, 5.41) is 6.56. The third kappa shape index (κ3) is 15.2. The first-order valence-corrected chi connectivity index (χ1v) is 37.2. The van der Waals surface area contributed by atoms with Crippen LogP contribution in [0.4, 0.5) is 0 Å². The Hall–Kier alpha value is -11.1. The molecule has 2 aliphatic carbocycles. The lowest BCUT2D eigenvalue weighted by molar-refractivity contribution is -0.660. The number of nitrogens with zero attached hydrogens (tertiary/aromatic N) is 3. The maximum Gasteiger partial charge on any atom is 0.213 e. The molecule has 105 heavy (non-hydrogen) atoms. The molecule has 3 heterocycles. The van der Waals surface area contributed by atoms with Crippen molar-refractivity contribution >= 4 is 32.3 Å². The molecule has 3 aromatic heterocycles. The summed E-state index contributed by atoms with van der Waals surface area (Å²) >= 11 is 0. The van der Waals surface area contributed by atoms with E-state index in [0.29, 0.717) is 16.7 Å². The van der Waals surface area contributed by atoms with E-state index in [1.54, 1.807) is 18.6 Å².